The second kappa shape index (κ2) is 4.90. The van der Waals surface area contributed by atoms with E-state index in [0.717, 1.165) is 37.1 Å². The minimum Gasteiger partial charge on any atom is -0.364 e. The lowest BCUT2D eigenvalue weighted by atomic mass is 9.83. The van der Waals surface area contributed by atoms with E-state index >= 15 is 0 Å². The second-order valence-corrected chi connectivity index (χ2v) is 6.85. The Balaban J connectivity index is 1.43. The Bertz CT molecular complexity index is 485. The van der Waals surface area contributed by atoms with Gasteiger partial charge in [-0.05, 0) is 56.3 Å². The van der Waals surface area contributed by atoms with Crippen molar-refractivity contribution >= 4 is 5.91 Å². The summed E-state index contributed by atoms with van der Waals surface area (Å²) in [6, 6.07) is 2.11. The first-order valence-electron chi connectivity index (χ1n) is 8.02. The van der Waals surface area contributed by atoms with Crippen LogP contribution in [0.5, 0.6) is 0 Å². The van der Waals surface area contributed by atoms with Gasteiger partial charge in [-0.2, -0.15) is 0 Å². The number of likely N-dealkylation sites (tertiary alicyclic amines) is 1. The average Bonchev–Trinajstić information content (AvgIpc) is 3.23. The second-order valence-electron chi connectivity index (χ2n) is 6.85. The lowest BCUT2D eigenvalue weighted by molar-refractivity contribution is 0.0697. The average molecular weight is 274 g/mol. The highest BCUT2D eigenvalue weighted by molar-refractivity contribution is 5.92. The number of nitrogens with zero attached hydrogens (tertiary/aromatic N) is 2. The van der Waals surface area contributed by atoms with Crippen molar-refractivity contribution < 1.29 is 9.32 Å². The molecule has 2 heterocycles. The highest BCUT2D eigenvalue weighted by Gasteiger charge is 2.42. The maximum absolute atomic E-state index is 12.5. The van der Waals surface area contributed by atoms with Crippen LogP contribution in [-0.4, -0.2) is 28.6 Å². The predicted octanol–water partition coefficient (Wildman–Crippen LogP) is 3.11. The normalized spacial score (nSPS) is 35.9. The van der Waals surface area contributed by atoms with Gasteiger partial charge in [0, 0.05) is 18.7 Å². The van der Waals surface area contributed by atoms with Gasteiger partial charge in [-0.15, -0.1) is 0 Å². The first-order valence-corrected chi connectivity index (χ1v) is 8.02. The van der Waals surface area contributed by atoms with E-state index in [0.29, 0.717) is 11.7 Å². The molecule has 1 aromatic rings. The van der Waals surface area contributed by atoms with Gasteiger partial charge in [0.15, 0.2) is 5.69 Å². The van der Waals surface area contributed by atoms with E-state index in [1.165, 1.54) is 38.4 Å². The number of hydrogen-bond donors (Lipinski definition) is 0. The van der Waals surface area contributed by atoms with Gasteiger partial charge < -0.3 is 9.42 Å². The highest BCUT2D eigenvalue weighted by Crippen LogP contribution is 2.50. The summed E-state index contributed by atoms with van der Waals surface area (Å²) in [4.78, 5) is 14.5. The van der Waals surface area contributed by atoms with Crippen LogP contribution in [0, 0.1) is 17.8 Å². The molecule has 1 amide bonds. The van der Waals surface area contributed by atoms with Crippen molar-refractivity contribution in [2.45, 2.75) is 51.0 Å². The lowest BCUT2D eigenvalue weighted by Crippen LogP contribution is -2.37. The molecule has 0 unspecified atom stereocenters. The fourth-order valence-corrected chi connectivity index (χ4v) is 4.83. The van der Waals surface area contributed by atoms with Gasteiger partial charge in [0.2, 0.25) is 0 Å². The Morgan fingerprint density at radius 2 is 2.30 bits per heavy atom. The van der Waals surface area contributed by atoms with Crippen LogP contribution in [0.2, 0.25) is 0 Å². The Kier molecular flexibility index (Phi) is 3.04. The molecule has 2 saturated carbocycles. The van der Waals surface area contributed by atoms with Crippen LogP contribution in [0.15, 0.2) is 16.9 Å². The van der Waals surface area contributed by atoms with Crippen LogP contribution in [-0.2, 0) is 0 Å². The predicted molar refractivity (Wildman–Crippen MR) is 74.1 cm³/mol. The molecule has 1 aromatic heterocycles. The molecular weight excluding hydrogens is 252 g/mol. The Hall–Kier alpha value is -1.32. The fraction of sp³-hybridized carbons (Fsp3) is 0.750. The number of rotatable bonds is 3. The molecule has 4 rings (SSSR count). The van der Waals surface area contributed by atoms with Crippen LogP contribution in [0.3, 0.4) is 0 Å². The van der Waals surface area contributed by atoms with Crippen LogP contribution in [0.4, 0.5) is 0 Å². The maximum atomic E-state index is 12.5. The summed E-state index contributed by atoms with van der Waals surface area (Å²) in [6.45, 7) is 0.886. The standard InChI is InChI=1S/C16H22N2O2/c19-16(15-5-7-20-17-15)18-6-1-2-14(18)10-13-9-11-3-4-12(13)8-11/h5,7,11-14H,1-4,6,8-10H2/t11-,12-,13+,14+/m0/s1. The molecule has 3 aliphatic rings. The third-order valence-corrected chi connectivity index (χ3v) is 5.75. The van der Waals surface area contributed by atoms with E-state index in [1.807, 2.05) is 4.90 Å². The smallest absolute Gasteiger partial charge is 0.276 e. The van der Waals surface area contributed by atoms with E-state index in [9.17, 15) is 4.79 Å². The monoisotopic (exact) mass is 274 g/mol. The first-order chi connectivity index (χ1) is 9.81. The number of hydrogen-bond acceptors (Lipinski definition) is 3. The quantitative estimate of drug-likeness (QED) is 0.850. The third kappa shape index (κ3) is 2.05. The van der Waals surface area contributed by atoms with Crippen LogP contribution in [0.25, 0.3) is 0 Å². The number of aromatic nitrogens is 1. The van der Waals surface area contributed by atoms with Crippen molar-refractivity contribution in [2.24, 2.45) is 17.8 Å². The van der Waals surface area contributed by atoms with Gasteiger partial charge in [-0.25, -0.2) is 0 Å². The van der Waals surface area contributed by atoms with Gasteiger partial charge in [0.05, 0.1) is 0 Å². The fourth-order valence-electron chi connectivity index (χ4n) is 4.83. The lowest BCUT2D eigenvalue weighted by Gasteiger charge is -2.29. The minimum absolute atomic E-state index is 0.0596. The third-order valence-electron chi connectivity index (χ3n) is 5.75. The molecule has 0 aromatic carbocycles. The summed E-state index contributed by atoms with van der Waals surface area (Å²) >= 11 is 0. The van der Waals surface area contributed by atoms with Crippen molar-refractivity contribution in [2.75, 3.05) is 6.54 Å². The van der Waals surface area contributed by atoms with Gasteiger partial charge >= 0.3 is 0 Å². The number of carbonyl (C=O) groups excluding carboxylic acids is 1. The Morgan fingerprint density at radius 1 is 1.35 bits per heavy atom. The van der Waals surface area contributed by atoms with Gasteiger partial charge in [-0.3, -0.25) is 4.79 Å². The van der Waals surface area contributed by atoms with Crippen molar-refractivity contribution in [3.8, 4) is 0 Å². The zero-order chi connectivity index (χ0) is 13.5. The van der Waals surface area contributed by atoms with E-state index in [1.54, 1.807) is 6.07 Å². The molecule has 1 saturated heterocycles. The summed E-state index contributed by atoms with van der Waals surface area (Å²) in [6.07, 6.45) is 10.7. The Labute approximate surface area is 119 Å². The zero-order valence-corrected chi connectivity index (χ0v) is 11.8. The van der Waals surface area contributed by atoms with Crippen LogP contribution in [0.1, 0.15) is 55.4 Å². The highest BCUT2D eigenvalue weighted by atomic mass is 16.5. The van der Waals surface area contributed by atoms with Crippen molar-refractivity contribution in [1.29, 1.82) is 0 Å². The van der Waals surface area contributed by atoms with Gasteiger partial charge in [-0.1, -0.05) is 11.6 Å². The molecule has 1 aliphatic heterocycles. The number of fused-ring (bicyclic) bond motifs is 2. The topological polar surface area (TPSA) is 46.3 Å². The maximum Gasteiger partial charge on any atom is 0.276 e. The molecule has 0 spiro atoms. The molecule has 4 atom stereocenters. The molecule has 2 bridgehead atoms. The summed E-state index contributed by atoms with van der Waals surface area (Å²) in [5.74, 6) is 2.87. The summed E-state index contributed by atoms with van der Waals surface area (Å²) < 4.78 is 4.81. The molecule has 20 heavy (non-hydrogen) atoms. The Morgan fingerprint density at radius 3 is 3.00 bits per heavy atom. The molecule has 2 aliphatic carbocycles. The summed E-state index contributed by atoms with van der Waals surface area (Å²) in [5, 5.41) is 3.80. The van der Waals surface area contributed by atoms with E-state index in [4.69, 9.17) is 4.52 Å². The molecule has 0 radical (unpaired) electrons. The van der Waals surface area contributed by atoms with Gasteiger partial charge in [0.1, 0.15) is 6.26 Å². The summed E-state index contributed by atoms with van der Waals surface area (Å²) in [5.41, 5.74) is 0.463. The first kappa shape index (κ1) is 12.4. The summed E-state index contributed by atoms with van der Waals surface area (Å²) in [7, 11) is 0. The van der Waals surface area contributed by atoms with E-state index in [-0.39, 0.29) is 5.91 Å². The SMILES string of the molecule is O=C(c1ccon1)N1CCC[C@@H]1C[C@H]1C[C@H]2CC[C@H]1C2. The van der Waals surface area contributed by atoms with Crippen LogP contribution < -0.4 is 0 Å². The largest absolute Gasteiger partial charge is 0.364 e. The van der Waals surface area contributed by atoms with Crippen molar-refractivity contribution in [3.05, 3.63) is 18.0 Å². The number of amides is 1. The van der Waals surface area contributed by atoms with E-state index < -0.39 is 0 Å². The zero-order valence-electron chi connectivity index (χ0n) is 11.8. The van der Waals surface area contributed by atoms with Crippen LogP contribution >= 0.6 is 0 Å². The van der Waals surface area contributed by atoms with Crippen molar-refractivity contribution in [3.63, 3.8) is 0 Å². The molecule has 4 nitrogen and oxygen atoms in total. The molecular formula is C16H22N2O2. The minimum atomic E-state index is 0.0596. The van der Waals surface area contributed by atoms with Gasteiger partial charge in [0.25, 0.3) is 5.91 Å². The van der Waals surface area contributed by atoms with E-state index in [2.05, 4.69) is 5.16 Å². The molecule has 0 N–H and O–H groups in total. The van der Waals surface area contributed by atoms with Crippen molar-refractivity contribution in [1.82, 2.24) is 10.1 Å². The number of carbonyl (C=O) groups is 1. The molecule has 4 heteroatoms. The molecule has 3 fully saturated rings. The molecule has 108 valence electrons.